The molecule has 0 spiro atoms. The summed E-state index contributed by atoms with van der Waals surface area (Å²) in [6.45, 7) is 2.28. The summed E-state index contributed by atoms with van der Waals surface area (Å²) in [5.41, 5.74) is 2.88. The van der Waals surface area contributed by atoms with Gasteiger partial charge in [-0.05, 0) is 66.2 Å². The first-order chi connectivity index (χ1) is 15.2. The zero-order valence-corrected chi connectivity index (χ0v) is 19.4. The van der Waals surface area contributed by atoms with Crippen molar-refractivity contribution in [3.63, 3.8) is 0 Å². The quantitative estimate of drug-likeness (QED) is 0.308. The van der Waals surface area contributed by atoms with Gasteiger partial charge in [-0.2, -0.15) is 0 Å². The number of fused-ring (bicyclic) bond motifs is 1. The summed E-state index contributed by atoms with van der Waals surface area (Å²) in [6, 6.07) is 17.7. The first-order valence-electron chi connectivity index (χ1n) is 12.1. The van der Waals surface area contributed by atoms with Crippen LogP contribution in [0, 0.1) is 11.7 Å². The minimum atomic E-state index is -0.141. The summed E-state index contributed by atoms with van der Waals surface area (Å²) in [4.78, 5) is 0. The Labute approximate surface area is 191 Å². The summed E-state index contributed by atoms with van der Waals surface area (Å²) >= 11 is 5.98. The van der Waals surface area contributed by atoms with Gasteiger partial charge < -0.3 is 0 Å². The lowest BCUT2D eigenvalue weighted by molar-refractivity contribution is 0.302. The Morgan fingerprint density at radius 3 is 2.32 bits per heavy atom. The monoisotopic (exact) mass is 436 g/mol. The van der Waals surface area contributed by atoms with Crippen LogP contribution >= 0.6 is 11.6 Å². The fourth-order valence-electron chi connectivity index (χ4n) is 5.24. The Morgan fingerprint density at radius 1 is 0.839 bits per heavy atom. The molecule has 4 rings (SSSR count). The molecule has 0 nitrogen and oxygen atoms in total. The molecule has 0 amide bonds. The van der Waals surface area contributed by atoms with Gasteiger partial charge in [0.05, 0.1) is 0 Å². The normalized spacial score (nSPS) is 19.1. The molecule has 0 unspecified atom stereocenters. The predicted octanol–water partition coefficient (Wildman–Crippen LogP) is 9.93. The van der Waals surface area contributed by atoms with Crippen molar-refractivity contribution in [2.45, 2.75) is 77.0 Å². The zero-order valence-electron chi connectivity index (χ0n) is 18.7. The highest BCUT2D eigenvalue weighted by Crippen LogP contribution is 2.39. The Kier molecular flexibility index (Phi) is 7.67. The fourth-order valence-corrected chi connectivity index (χ4v) is 5.36. The van der Waals surface area contributed by atoms with Crippen molar-refractivity contribution in [1.82, 2.24) is 0 Å². The van der Waals surface area contributed by atoms with E-state index in [1.54, 1.807) is 0 Å². The maximum absolute atomic E-state index is 15.2. The summed E-state index contributed by atoms with van der Waals surface area (Å²) < 4.78 is 15.2. The highest BCUT2D eigenvalue weighted by Gasteiger charge is 2.22. The molecule has 31 heavy (non-hydrogen) atoms. The van der Waals surface area contributed by atoms with E-state index < -0.39 is 0 Å². The average molecular weight is 437 g/mol. The summed E-state index contributed by atoms with van der Waals surface area (Å²) in [5, 5.41) is 2.38. The van der Waals surface area contributed by atoms with E-state index in [1.807, 2.05) is 36.4 Å². The second kappa shape index (κ2) is 10.6. The SMILES string of the molecule is CCCCCCCC1CCC(c2ccc3c(F)c(-c4ccc(Cl)cc4)ccc3c2)CC1. The van der Waals surface area contributed by atoms with Crippen molar-refractivity contribution < 1.29 is 4.39 Å². The van der Waals surface area contributed by atoms with E-state index in [-0.39, 0.29) is 5.82 Å². The second-order valence-corrected chi connectivity index (χ2v) is 9.77. The Bertz CT molecular complexity index is 984. The van der Waals surface area contributed by atoms with Gasteiger partial charge in [0.1, 0.15) is 5.82 Å². The van der Waals surface area contributed by atoms with Crippen molar-refractivity contribution in [2.24, 2.45) is 5.92 Å². The van der Waals surface area contributed by atoms with Crippen LogP contribution in [0.15, 0.2) is 54.6 Å². The molecule has 0 aromatic heterocycles. The first-order valence-corrected chi connectivity index (χ1v) is 12.5. The smallest absolute Gasteiger partial charge is 0.138 e. The molecular weight excluding hydrogens is 403 g/mol. The lowest BCUT2D eigenvalue weighted by Crippen LogP contribution is -2.13. The largest absolute Gasteiger partial charge is 0.206 e. The van der Waals surface area contributed by atoms with Crippen molar-refractivity contribution in [1.29, 1.82) is 0 Å². The van der Waals surface area contributed by atoms with Gasteiger partial charge in [-0.25, -0.2) is 4.39 Å². The number of benzene rings is 3. The summed E-state index contributed by atoms with van der Waals surface area (Å²) in [7, 11) is 0. The Hall–Kier alpha value is -1.86. The molecule has 0 atom stereocenters. The Balaban J connectivity index is 1.41. The third-order valence-corrected chi connectivity index (χ3v) is 7.42. The Morgan fingerprint density at radius 2 is 1.58 bits per heavy atom. The number of hydrogen-bond acceptors (Lipinski definition) is 0. The maximum atomic E-state index is 15.2. The van der Waals surface area contributed by atoms with Crippen LogP contribution in [0.5, 0.6) is 0 Å². The average Bonchev–Trinajstić information content (AvgIpc) is 2.80. The topological polar surface area (TPSA) is 0 Å². The molecule has 3 aromatic carbocycles. The maximum Gasteiger partial charge on any atom is 0.138 e. The summed E-state index contributed by atoms with van der Waals surface area (Å²) in [5.74, 6) is 1.40. The van der Waals surface area contributed by atoms with Crippen molar-refractivity contribution in [3.05, 3.63) is 71.0 Å². The van der Waals surface area contributed by atoms with E-state index in [0.717, 1.165) is 16.9 Å². The molecule has 0 radical (unpaired) electrons. The van der Waals surface area contributed by atoms with Gasteiger partial charge in [-0.1, -0.05) is 99.5 Å². The van der Waals surface area contributed by atoms with Gasteiger partial charge in [0.15, 0.2) is 0 Å². The standard InChI is InChI=1S/C29H34ClF/c1-2-3-4-5-6-7-21-8-10-22(11-9-21)24-14-18-28-25(20-24)15-19-27(29(28)31)23-12-16-26(30)17-13-23/h12-22H,2-11H2,1H3. The van der Waals surface area contributed by atoms with Gasteiger partial charge >= 0.3 is 0 Å². The molecule has 1 aliphatic carbocycles. The van der Waals surface area contributed by atoms with E-state index in [2.05, 4.69) is 25.1 Å². The predicted molar refractivity (Wildman–Crippen MR) is 132 cm³/mol. The molecule has 3 aromatic rings. The van der Waals surface area contributed by atoms with Crippen LogP contribution in [0.4, 0.5) is 4.39 Å². The number of hydrogen-bond donors (Lipinski definition) is 0. The molecule has 0 aliphatic heterocycles. The van der Waals surface area contributed by atoms with E-state index >= 15 is 4.39 Å². The van der Waals surface area contributed by atoms with Gasteiger partial charge in [-0.3, -0.25) is 0 Å². The van der Waals surface area contributed by atoms with Crippen LogP contribution in [-0.4, -0.2) is 0 Å². The molecule has 1 aliphatic rings. The molecule has 2 heteroatoms. The lowest BCUT2D eigenvalue weighted by atomic mass is 9.76. The van der Waals surface area contributed by atoms with E-state index in [1.165, 1.54) is 69.8 Å². The summed E-state index contributed by atoms with van der Waals surface area (Å²) in [6.07, 6.45) is 13.6. The van der Waals surface area contributed by atoms with Crippen LogP contribution in [0.3, 0.4) is 0 Å². The minimum Gasteiger partial charge on any atom is -0.206 e. The third-order valence-electron chi connectivity index (χ3n) is 7.17. The van der Waals surface area contributed by atoms with Crippen molar-refractivity contribution in [3.8, 4) is 11.1 Å². The molecule has 0 heterocycles. The molecule has 0 N–H and O–H groups in total. The fraction of sp³-hybridized carbons (Fsp3) is 0.448. The third kappa shape index (κ3) is 5.50. The number of unbranched alkanes of at least 4 members (excludes halogenated alkanes) is 4. The van der Waals surface area contributed by atoms with Crippen LogP contribution in [0.25, 0.3) is 21.9 Å². The highest BCUT2D eigenvalue weighted by molar-refractivity contribution is 6.30. The highest BCUT2D eigenvalue weighted by atomic mass is 35.5. The van der Waals surface area contributed by atoms with Gasteiger partial charge in [0.2, 0.25) is 0 Å². The van der Waals surface area contributed by atoms with E-state index in [0.29, 0.717) is 21.9 Å². The molecular formula is C29H34ClF. The van der Waals surface area contributed by atoms with Crippen molar-refractivity contribution >= 4 is 22.4 Å². The lowest BCUT2D eigenvalue weighted by Gasteiger charge is -2.29. The zero-order chi connectivity index (χ0) is 21.6. The van der Waals surface area contributed by atoms with Gasteiger partial charge in [0, 0.05) is 16.0 Å². The van der Waals surface area contributed by atoms with Crippen LogP contribution in [0.1, 0.15) is 82.6 Å². The molecule has 1 fully saturated rings. The molecule has 0 saturated heterocycles. The second-order valence-electron chi connectivity index (χ2n) is 9.34. The number of halogens is 2. The molecule has 0 bridgehead atoms. The first kappa shape index (κ1) is 22.3. The van der Waals surface area contributed by atoms with Gasteiger partial charge in [0.25, 0.3) is 0 Å². The minimum absolute atomic E-state index is 0.141. The van der Waals surface area contributed by atoms with E-state index in [4.69, 9.17) is 11.6 Å². The van der Waals surface area contributed by atoms with Crippen molar-refractivity contribution in [2.75, 3.05) is 0 Å². The molecule has 1 saturated carbocycles. The van der Waals surface area contributed by atoms with Crippen LogP contribution < -0.4 is 0 Å². The number of rotatable bonds is 8. The van der Waals surface area contributed by atoms with E-state index in [9.17, 15) is 0 Å². The van der Waals surface area contributed by atoms with Crippen LogP contribution in [0.2, 0.25) is 5.02 Å². The van der Waals surface area contributed by atoms with Gasteiger partial charge in [-0.15, -0.1) is 0 Å². The molecule has 164 valence electrons. The van der Waals surface area contributed by atoms with Crippen LogP contribution in [-0.2, 0) is 0 Å².